The van der Waals surface area contributed by atoms with E-state index in [1.54, 1.807) is 13.0 Å². The molecule has 0 aliphatic rings. The number of phenols is 1. The van der Waals surface area contributed by atoms with Gasteiger partial charge in [0.15, 0.2) is 5.78 Å². The summed E-state index contributed by atoms with van der Waals surface area (Å²) < 4.78 is 5.12. The molecule has 82 valence electrons. The molecule has 0 atom stereocenters. The summed E-state index contributed by atoms with van der Waals surface area (Å²) in [5, 5.41) is 9.78. The number of methoxy groups -OCH3 is 1. The predicted molar refractivity (Wildman–Crippen MR) is 57.5 cm³/mol. The van der Waals surface area contributed by atoms with Crippen molar-refractivity contribution < 1.29 is 14.6 Å². The molecule has 0 amide bonds. The highest BCUT2D eigenvalue weighted by atomic mass is 16.5. The maximum Gasteiger partial charge on any atom is 0.180 e. The highest BCUT2D eigenvalue weighted by molar-refractivity contribution is 6.00. The summed E-state index contributed by atoms with van der Waals surface area (Å²) in [7, 11) is 1.53. The molecule has 0 spiro atoms. The summed E-state index contributed by atoms with van der Waals surface area (Å²) >= 11 is 0. The van der Waals surface area contributed by atoms with E-state index >= 15 is 0 Å². The Labute approximate surface area is 88.7 Å². The van der Waals surface area contributed by atoms with Gasteiger partial charge in [-0.15, -0.1) is 0 Å². The minimum atomic E-state index is -0.277. The number of ether oxygens (including phenoxy) is 1. The van der Waals surface area contributed by atoms with Crippen LogP contribution in [0.5, 0.6) is 11.5 Å². The van der Waals surface area contributed by atoms with Crippen LogP contribution in [0.15, 0.2) is 6.07 Å². The number of aryl methyl sites for hydroxylation is 1. The molecule has 1 aromatic rings. The van der Waals surface area contributed by atoms with Crippen molar-refractivity contribution in [3.05, 3.63) is 22.8 Å². The topological polar surface area (TPSA) is 72.5 Å². The SMILES string of the molecule is COc1c(C)cc(C(=O)CN)c(O)c1C. The van der Waals surface area contributed by atoms with E-state index in [0.717, 1.165) is 5.56 Å². The number of carbonyl (C=O) groups is 1. The Morgan fingerprint density at radius 2 is 2.13 bits per heavy atom. The third kappa shape index (κ3) is 1.94. The van der Waals surface area contributed by atoms with Gasteiger partial charge in [-0.1, -0.05) is 0 Å². The third-order valence-corrected chi connectivity index (χ3v) is 2.36. The van der Waals surface area contributed by atoms with Crippen LogP contribution in [0.2, 0.25) is 0 Å². The van der Waals surface area contributed by atoms with Gasteiger partial charge in [0.2, 0.25) is 0 Å². The number of carbonyl (C=O) groups excluding carboxylic acids is 1. The third-order valence-electron chi connectivity index (χ3n) is 2.36. The monoisotopic (exact) mass is 209 g/mol. The summed E-state index contributed by atoms with van der Waals surface area (Å²) in [5.74, 6) is 0.273. The van der Waals surface area contributed by atoms with E-state index in [-0.39, 0.29) is 23.6 Å². The van der Waals surface area contributed by atoms with Gasteiger partial charge >= 0.3 is 0 Å². The number of hydrogen-bond donors (Lipinski definition) is 2. The summed E-state index contributed by atoms with van der Waals surface area (Å²) in [4.78, 5) is 11.4. The van der Waals surface area contributed by atoms with Crippen LogP contribution in [-0.2, 0) is 0 Å². The zero-order valence-corrected chi connectivity index (χ0v) is 9.13. The maximum absolute atomic E-state index is 11.4. The lowest BCUT2D eigenvalue weighted by Gasteiger charge is -2.13. The standard InChI is InChI=1S/C11H15NO3/c1-6-4-8(9(13)5-12)10(14)7(2)11(6)15-3/h4,14H,5,12H2,1-3H3. The molecular formula is C11H15NO3. The predicted octanol–water partition coefficient (Wildman–Crippen LogP) is 1.16. The first kappa shape index (κ1) is 11.5. The summed E-state index contributed by atoms with van der Waals surface area (Å²) in [6.45, 7) is 3.41. The number of benzene rings is 1. The van der Waals surface area contributed by atoms with Crippen molar-refractivity contribution in [1.29, 1.82) is 0 Å². The molecule has 3 N–H and O–H groups in total. The Morgan fingerprint density at radius 3 is 2.60 bits per heavy atom. The van der Waals surface area contributed by atoms with E-state index in [4.69, 9.17) is 10.5 Å². The number of Topliss-reactive ketones (excluding diaryl/α,β-unsaturated/α-hetero) is 1. The molecule has 0 fully saturated rings. The fourth-order valence-electron chi connectivity index (χ4n) is 1.59. The zero-order valence-electron chi connectivity index (χ0n) is 9.13. The lowest BCUT2D eigenvalue weighted by atomic mass is 10.0. The van der Waals surface area contributed by atoms with Crippen LogP contribution < -0.4 is 10.5 Å². The summed E-state index contributed by atoms with van der Waals surface area (Å²) in [6.07, 6.45) is 0. The second kappa shape index (κ2) is 4.31. The first-order valence-corrected chi connectivity index (χ1v) is 4.63. The lowest BCUT2D eigenvalue weighted by Crippen LogP contribution is -2.14. The smallest absolute Gasteiger partial charge is 0.180 e. The molecule has 0 saturated heterocycles. The Morgan fingerprint density at radius 1 is 1.53 bits per heavy atom. The van der Waals surface area contributed by atoms with E-state index in [2.05, 4.69) is 0 Å². The molecule has 15 heavy (non-hydrogen) atoms. The summed E-state index contributed by atoms with van der Waals surface area (Å²) in [5.41, 5.74) is 6.88. The van der Waals surface area contributed by atoms with Gasteiger partial charge < -0.3 is 15.6 Å². The molecule has 0 saturated carbocycles. The first-order valence-electron chi connectivity index (χ1n) is 4.63. The van der Waals surface area contributed by atoms with Crippen molar-refractivity contribution in [2.45, 2.75) is 13.8 Å². The number of hydrogen-bond acceptors (Lipinski definition) is 4. The van der Waals surface area contributed by atoms with Crippen molar-refractivity contribution >= 4 is 5.78 Å². The van der Waals surface area contributed by atoms with Gasteiger partial charge in [-0.2, -0.15) is 0 Å². The molecule has 0 heterocycles. The number of rotatable bonds is 3. The first-order chi connectivity index (χ1) is 7.02. The van der Waals surface area contributed by atoms with E-state index in [1.165, 1.54) is 7.11 Å². The summed E-state index contributed by atoms with van der Waals surface area (Å²) in [6, 6.07) is 1.59. The van der Waals surface area contributed by atoms with Crippen molar-refractivity contribution in [2.24, 2.45) is 5.73 Å². The van der Waals surface area contributed by atoms with Crippen molar-refractivity contribution in [2.75, 3.05) is 13.7 Å². The largest absolute Gasteiger partial charge is 0.507 e. The van der Waals surface area contributed by atoms with E-state index in [9.17, 15) is 9.90 Å². The second-order valence-corrected chi connectivity index (χ2v) is 3.38. The highest BCUT2D eigenvalue weighted by Crippen LogP contribution is 2.33. The number of nitrogens with two attached hydrogens (primary N) is 1. The Balaban J connectivity index is 3.40. The van der Waals surface area contributed by atoms with Crippen LogP contribution >= 0.6 is 0 Å². The number of phenolic OH excluding ortho intramolecular Hbond substituents is 1. The molecular weight excluding hydrogens is 194 g/mol. The van der Waals surface area contributed by atoms with Gasteiger partial charge in [0.1, 0.15) is 11.5 Å². The van der Waals surface area contributed by atoms with E-state index < -0.39 is 0 Å². The normalized spacial score (nSPS) is 10.1. The van der Waals surface area contributed by atoms with Crippen molar-refractivity contribution in [3.8, 4) is 11.5 Å². The van der Waals surface area contributed by atoms with Gasteiger partial charge in [-0.3, -0.25) is 4.79 Å². The maximum atomic E-state index is 11.4. The molecule has 0 radical (unpaired) electrons. The van der Waals surface area contributed by atoms with E-state index in [1.807, 2.05) is 6.92 Å². The minimum Gasteiger partial charge on any atom is -0.507 e. The fourth-order valence-corrected chi connectivity index (χ4v) is 1.59. The van der Waals surface area contributed by atoms with Crippen LogP contribution in [0, 0.1) is 13.8 Å². The average molecular weight is 209 g/mol. The molecule has 4 nitrogen and oxygen atoms in total. The Hall–Kier alpha value is -1.55. The van der Waals surface area contributed by atoms with Gasteiger partial charge in [0, 0.05) is 5.56 Å². The van der Waals surface area contributed by atoms with E-state index in [0.29, 0.717) is 11.3 Å². The highest BCUT2D eigenvalue weighted by Gasteiger charge is 2.16. The average Bonchev–Trinajstić information content (AvgIpc) is 2.23. The second-order valence-electron chi connectivity index (χ2n) is 3.38. The molecule has 0 aliphatic heterocycles. The number of aromatic hydroxyl groups is 1. The fraction of sp³-hybridized carbons (Fsp3) is 0.364. The molecule has 1 aromatic carbocycles. The van der Waals surface area contributed by atoms with Crippen LogP contribution in [-0.4, -0.2) is 24.5 Å². The molecule has 0 unspecified atom stereocenters. The molecule has 4 heteroatoms. The Kier molecular flexibility index (Phi) is 3.31. The molecule has 0 aromatic heterocycles. The molecule has 0 bridgehead atoms. The van der Waals surface area contributed by atoms with Gasteiger partial charge in [-0.05, 0) is 25.5 Å². The van der Waals surface area contributed by atoms with Crippen LogP contribution in [0.1, 0.15) is 21.5 Å². The molecule has 1 rings (SSSR count). The van der Waals surface area contributed by atoms with Gasteiger partial charge in [0.05, 0.1) is 19.2 Å². The van der Waals surface area contributed by atoms with Gasteiger partial charge in [-0.25, -0.2) is 0 Å². The Bertz CT molecular complexity index is 399. The minimum absolute atomic E-state index is 0.0482. The van der Waals surface area contributed by atoms with Crippen LogP contribution in [0.25, 0.3) is 0 Å². The zero-order chi connectivity index (χ0) is 11.6. The van der Waals surface area contributed by atoms with Crippen LogP contribution in [0.3, 0.4) is 0 Å². The lowest BCUT2D eigenvalue weighted by molar-refractivity contribution is 0.0998. The van der Waals surface area contributed by atoms with Gasteiger partial charge in [0.25, 0.3) is 0 Å². The van der Waals surface area contributed by atoms with Crippen molar-refractivity contribution in [1.82, 2.24) is 0 Å². The van der Waals surface area contributed by atoms with Crippen LogP contribution in [0.4, 0.5) is 0 Å². The number of ketones is 1. The van der Waals surface area contributed by atoms with Crippen molar-refractivity contribution in [3.63, 3.8) is 0 Å². The molecule has 0 aliphatic carbocycles. The quantitative estimate of drug-likeness (QED) is 0.733.